The first-order chi connectivity index (χ1) is 11.2. The summed E-state index contributed by atoms with van der Waals surface area (Å²) in [6, 6.07) is 8.48. The van der Waals surface area contributed by atoms with Gasteiger partial charge < -0.3 is 15.0 Å². The summed E-state index contributed by atoms with van der Waals surface area (Å²) >= 11 is 0. The van der Waals surface area contributed by atoms with Gasteiger partial charge in [0.1, 0.15) is 5.75 Å². The van der Waals surface area contributed by atoms with E-state index in [1.54, 1.807) is 7.11 Å². The maximum Gasteiger partial charge on any atom is 0.193 e. The zero-order chi connectivity index (χ0) is 16.7. The van der Waals surface area contributed by atoms with Crippen LogP contribution in [0, 0.1) is 5.92 Å². The van der Waals surface area contributed by atoms with Crippen LogP contribution in [0.15, 0.2) is 29.3 Å². The molecule has 4 heteroatoms. The monoisotopic (exact) mass is 317 g/mol. The summed E-state index contributed by atoms with van der Waals surface area (Å²) < 4.78 is 5.24. The standard InChI is InChI=1S/C19H31N3O/c1-5-15(6-2)13-21-19(20-3)22-12-11-17(14-22)16-7-9-18(23-4)10-8-16/h7-10,15,17H,5-6,11-14H2,1-4H3,(H,20,21). The molecule has 0 spiro atoms. The molecule has 0 bridgehead atoms. The summed E-state index contributed by atoms with van der Waals surface area (Å²) in [7, 11) is 3.60. The molecule has 23 heavy (non-hydrogen) atoms. The van der Waals surface area contributed by atoms with E-state index in [-0.39, 0.29) is 0 Å². The fourth-order valence-electron chi connectivity index (χ4n) is 3.25. The molecular weight excluding hydrogens is 286 g/mol. The average Bonchev–Trinajstić information content (AvgIpc) is 3.09. The summed E-state index contributed by atoms with van der Waals surface area (Å²) in [6.45, 7) is 7.64. The van der Waals surface area contributed by atoms with Crippen molar-refractivity contribution in [1.82, 2.24) is 10.2 Å². The highest BCUT2D eigenvalue weighted by atomic mass is 16.5. The fraction of sp³-hybridized carbons (Fsp3) is 0.632. The smallest absolute Gasteiger partial charge is 0.193 e. The Morgan fingerprint density at radius 2 is 2.00 bits per heavy atom. The summed E-state index contributed by atoms with van der Waals surface area (Å²) in [5, 5.41) is 3.56. The molecule has 4 nitrogen and oxygen atoms in total. The minimum Gasteiger partial charge on any atom is -0.497 e. The molecule has 1 fully saturated rings. The van der Waals surface area contributed by atoms with Gasteiger partial charge in [0, 0.05) is 32.6 Å². The van der Waals surface area contributed by atoms with Crippen molar-refractivity contribution in [1.29, 1.82) is 0 Å². The van der Waals surface area contributed by atoms with E-state index >= 15 is 0 Å². The van der Waals surface area contributed by atoms with Crippen LogP contribution in [0.25, 0.3) is 0 Å². The Balaban J connectivity index is 1.91. The minimum atomic E-state index is 0.576. The number of rotatable bonds is 6. The van der Waals surface area contributed by atoms with E-state index in [1.165, 1.54) is 24.8 Å². The first-order valence-electron chi connectivity index (χ1n) is 8.81. The number of nitrogens with one attached hydrogen (secondary N) is 1. The zero-order valence-corrected chi connectivity index (χ0v) is 15.0. The van der Waals surface area contributed by atoms with E-state index in [0.29, 0.717) is 5.92 Å². The fourth-order valence-corrected chi connectivity index (χ4v) is 3.25. The van der Waals surface area contributed by atoms with Crippen LogP contribution in [0.5, 0.6) is 5.75 Å². The first-order valence-corrected chi connectivity index (χ1v) is 8.81. The number of benzene rings is 1. The van der Waals surface area contributed by atoms with Gasteiger partial charge in [-0.25, -0.2) is 0 Å². The van der Waals surface area contributed by atoms with Crippen molar-refractivity contribution in [3.8, 4) is 5.75 Å². The quantitative estimate of drug-likeness (QED) is 0.644. The highest BCUT2D eigenvalue weighted by molar-refractivity contribution is 5.80. The Kier molecular flexibility index (Phi) is 6.75. The molecule has 1 unspecified atom stereocenters. The Morgan fingerprint density at radius 1 is 1.30 bits per heavy atom. The summed E-state index contributed by atoms with van der Waals surface area (Å²) in [4.78, 5) is 6.86. The van der Waals surface area contributed by atoms with E-state index in [4.69, 9.17) is 4.74 Å². The van der Waals surface area contributed by atoms with E-state index in [9.17, 15) is 0 Å². The predicted molar refractivity (Wildman–Crippen MR) is 97.4 cm³/mol. The van der Waals surface area contributed by atoms with E-state index in [2.05, 4.69) is 53.3 Å². The molecule has 1 aromatic carbocycles. The number of ether oxygens (including phenoxy) is 1. The molecule has 1 atom stereocenters. The van der Waals surface area contributed by atoms with Crippen LogP contribution >= 0.6 is 0 Å². The number of aliphatic imine (C=N–C) groups is 1. The van der Waals surface area contributed by atoms with Gasteiger partial charge in [0.05, 0.1) is 7.11 Å². The van der Waals surface area contributed by atoms with E-state index in [1.807, 2.05) is 7.05 Å². The lowest BCUT2D eigenvalue weighted by atomic mass is 9.98. The molecule has 0 radical (unpaired) electrons. The Morgan fingerprint density at radius 3 is 2.57 bits per heavy atom. The van der Waals surface area contributed by atoms with Gasteiger partial charge in [-0.3, -0.25) is 4.99 Å². The van der Waals surface area contributed by atoms with Crippen LogP contribution in [0.1, 0.15) is 44.6 Å². The maximum absolute atomic E-state index is 5.24. The van der Waals surface area contributed by atoms with Crippen molar-refractivity contribution < 1.29 is 4.74 Å². The molecule has 128 valence electrons. The van der Waals surface area contributed by atoms with Gasteiger partial charge >= 0.3 is 0 Å². The molecule has 1 N–H and O–H groups in total. The van der Waals surface area contributed by atoms with Crippen LogP contribution in [0.3, 0.4) is 0 Å². The minimum absolute atomic E-state index is 0.576. The number of hydrogen-bond acceptors (Lipinski definition) is 2. The van der Waals surface area contributed by atoms with Crippen molar-refractivity contribution in [2.24, 2.45) is 10.9 Å². The molecule has 0 aromatic heterocycles. The number of likely N-dealkylation sites (tertiary alicyclic amines) is 1. The number of nitrogens with zero attached hydrogens (tertiary/aromatic N) is 2. The summed E-state index contributed by atoms with van der Waals surface area (Å²) in [5.74, 6) is 3.28. The molecular formula is C19H31N3O. The average molecular weight is 317 g/mol. The third kappa shape index (κ3) is 4.63. The largest absolute Gasteiger partial charge is 0.497 e. The Bertz CT molecular complexity index is 494. The molecule has 1 heterocycles. The molecule has 1 saturated heterocycles. The highest BCUT2D eigenvalue weighted by Crippen LogP contribution is 2.28. The molecule has 0 saturated carbocycles. The second-order valence-electron chi connectivity index (χ2n) is 6.32. The highest BCUT2D eigenvalue weighted by Gasteiger charge is 2.26. The first kappa shape index (κ1) is 17.6. The second-order valence-corrected chi connectivity index (χ2v) is 6.32. The number of guanidine groups is 1. The Hall–Kier alpha value is -1.71. The summed E-state index contributed by atoms with van der Waals surface area (Å²) in [5.41, 5.74) is 1.39. The third-order valence-corrected chi connectivity index (χ3v) is 4.99. The lowest BCUT2D eigenvalue weighted by Gasteiger charge is -2.24. The van der Waals surface area contributed by atoms with Crippen molar-refractivity contribution in [2.45, 2.75) is 39.0 Å². The van der Waals surface area contributed by atoms with Gasteiger partial charge in [0.2, 0.25) is 0 Å². The van der Waals surface area contributed by atoms with Gasteiger partial charge in [-0.1, -0.05) is 38.8 Å². The van der Waals surface area contributed by atoms with Crippen LogP contribution in [-0.2, 0) is 0 Å². The molecule has 1 aromatic rings. The van der Waals surface area contributed by atoms with Crippen LogP contribution in [0.4, 0.5) is 0 Å². The lowest BCUT2D eigenvalue weighted by Crippen LogP contribution is -2.41. The molecule has 0 aliphatic carbocycles. The number of methoxy groups -OCH3 is 1. The van der Waals surface area contributed by atoms with Crippen molar-refractivity contribution >= 4 is 5.96 Å². The molecule has 2 rings (SSSR count). The van der Waals surface area contributed by atoms with Gasteiger partial charge in [-0.05, 0) is 30.0 Å². The second kappa shape index (κ2) is 8.80. The number of hydrogen-bond donors (Lipinski definition) is 1. The predicted octanol–water partition coefficient (Wildman–Crippen LogP) is 3.50. The van der Waals surface area contributed by atoms with Crippen LogP contribution in [0.2, 0.25) is 0 Å². The molecule has 1 aliphatic heterocycles. The normalized spacial score (nSPS) is 18.6. The van der Waals surface area contributed by atoms with Gasteiger partial charge in [0.25, 0.3) is 0 Å². The zero-order valence-electron chi connectivity index (χ0n) is 15.0. The SMILES string of the molecule is CCC(CC)CNC(=NC)N1CCC(c2ccc(OC)cc2)C1. The van der Waals surface area contributed by atoms with Gasteiger partial charge in [0.15, 0.2) is 5.96 Å². The molecule has 0 amide bonds. The molecule has 1 aliphatic rings. The van der Waals surface area contributed by atoms with Gasteiger partial charge in [-0.15, -0.1) is 0 Å². The van der Waals surface area contributed by atoms with Crippen molar-refractivity contribution in [3.63, 3.8) is 0 Å². The topological polar surface area (TPSA) is 36.9 Å². The third-order valence-electron chi connectivity index (χ3n) is 4.99. The van der Waals surface area contributed by atoms with Crippen molar-refractivity contribution in [2.75, 3.05) is 33.8 Å². The Labute approximate surface area is 140 Å². The van der Waals surface area contributed by atoms with Gasteiger partial charge in [-0.2, -0.15) is 0 Å². The van der Waals surface area contributed by atoms with E-state index < -0.39 is 0 Å². The van der Waals surface area contributed by atoms with E-state index in [0.717, 1.165) is 37.3 Å². The maximum atomic E-state index is 5.24. The summed E-state index contributed by atoms with van der Waals surface area (Å²) in [6.07, 6.45) is 3.61. The lowest BCUT2D eigenvalue weighted by molar-refractivity contribution is 0.414. The van der Waals surface area contributed by atoms with Crippen molar-refractivity contribution in [3.05, 3.63) is 29.8 Å². The van der Waals surface area contributed by atoms with Crippen LogP contribution < -0.4 is 10.1 Å². The van der Waals surface area contributed by atoms with Crippen LogP contribution in [-0.4, -0.2) is 44.7 Å².